The van der Waals surface area contributed by atoms with Crippen LogP contribution in [-0.2, 0) is 14.8 Å². The zero-order chi connectivity index (χ0) is 22.2. The van der Waals surface area contributed by atoms with Gasteiger partial charge in [0, 0.05) is 30.8 Å². The molecule has 0 saturated carbocycles. The first-order valence-electron chi connectivity index (χ1n) is 10.2. The number of fused-ring (bicyclic) bond motifs is 1. The molecule has 2 aliphatic rings. The number of Topliss-reactive ketones (excluding diaryl/α,β-unsaturated/α-hetero) is 1. The zero-order valence-corrected chi connectivity index (χ0v) is 17.9. The molecule has 1 aliphatic carbocycles. The molecule has 0 spiro atoms. The maximum atomic E-state index is 14.1. The molecule has 1 heterocycles. The molecule has 1 unspecified atom stereocenters. The number of sulfonamides is 1. The van der Waals surface area contributed by atoms with Crippen LogP contribution in [0.15, 0.2) is 41.3 Å². The second-order valence-electron chi connectivity index (χ2n) is 7.84. The average molecular weight is 447 g/mol. The van der Waals surface area contributed by atoms with Gasteiger partial charge in [-0.25, -0.2) is 12.8 Å². The highest BCUT2D eigenvalue weighted by Gasteiger charge is 2.32. The van der Waals surface area contributed by atoms with Crippen LogP contribution in [0, 0.1) is 5.82 Å². The van der Waals surface area contributed by atoms with E-state index in [0.717, 1.165) is 12.8 Å². The van der Waals surface area contributed by atoms with E-state index in [1.807, 2.05) is 0 Å². The fourth-order valence-corrected chi connectivity index (χ4v) is 5.66. The van der Waals surface area contributed by atoms with E-state index in [4.69, 9.17) is 4.74 Å². The third-order valence-electron chi connectivity index (χ3n) is 5.60. The van der Waals surface area contributed by atoms with Gasteiger partial charge >= 0.3 is 0 Å². The third-order valence-corrected chi connectivity index (χ3v) is 7.49. The van der Waals surface area contributed by atoms with Gasteiger partial charge in [0.2, 0.25) is 10.0 Å². The Bertz CT molecular complexity index is 1140. The molecule has 2 aromatic rings. The standard InChI is InChI=1S/C22H23FN2O5S/c1-14-11-18(26)22-19(8-7-17(23)21(14)22)30-13-20(27)24-15-5-4-6-16(12-15)31(28,29)25-9-2-3-10-25/h4-8,12,14H,2-3,9-11,13H2,1H3,(H,24,27). The van der Waals surface area contributed by atoms with Crippen LogP contribution in [0.2, 0.25) is 0 Å². The molecule has 0 radical (unpaired) electrons. The summed E-state index contributed by atoms with van der Waals surface area (Å²) < 4.78 is 46.4. The van der Waals surface area contributed by atoms with Gasteiger partial charge < -0.3 is 10.1 Å². The van der Waals surface area contributed by atoms with Crippen LogP contribution in [0.25, 0.3) is 0 Å². The van der Waals surface area contributed by atoms with Crippen LogP contribution in [0.1, 0.15) is 48.0 Å². The Hall–Kier alpha value is -2.78. The van der Waals surface area contributed by atoms with Crippen LogP contribution >= 0.6 is 0 Å². The van der Waals surface area contributed by atoms with E-state index in [1.54, 1.807) is 19.1 Å². The van der Waals surface area contributed by atoms with Crippen molar-refractivity contribution in [3.05, 3.63) is 53.3 Å². The van der Waals surface area contributed by atoms with Gasteiger partial charge in [-0.05, 0) is 49.1 Å². The lowest BCUT2D eigenvalue weighted by molar-refractivity contribution is -0.118. The van der Waals surface area contributed by atoms with Crippen molar-refractivity contribution in [3.63, 3.8) is 0 Å². The summed E-state index contributed by atoms with van der Waals surface area (Å²) in [7, 11) is -3.60. The van der Waals surface area contributed by atoms with Gasteiger partial charge in [-0.1, -0.05) is 13.0 Å². The SMILES string of the molecule is CC1CC(=O)c2c(OCC(=O)Nc3cccc(S(=O)(=O)N4CCCC4)c3)ccc(F)c21. The first-order chi connectivity index (χ1) is 14.8. The summed E-state index contributed by atoms with van der Waals surface area (Å²) in [4.78, 5) is 24.7. The largest absolute Gasteiger partial charge is 0.483 e. The van der Waals surface area contributed by atoms with E-state index in [2.05, 4.69) is 5.32 Å². The number of anilines is 1. The average Bonchev–Trinajstić information content (AvgIpc) is 3.37. The fraction of sp³-hybridized carbons (Fsp3) is 0.364. The molecule has 1 amide bonds. The van der Waals surface area contributed by atoms with Gasteiger partial charge in [-0.2, -0.15) is 4.31 Å². The summed E-state index contributed by atoms with van der Waals surface area (Å²) in [5, 5.41) is 2.61. The molecule has 0 bridgehead atoms. The van der Waals surface area contributed by atoms with E-state index in [0.29, 0.717) is 24.3 Å². The predicted octanol–water partition coefficient (Wildman–Crippen LogP) is 3.32. The van der Waals surface area contributed by atoms with Crippen molar-refractivity contribution in [3.8, 4) is 5.75 Å². The summed E-state index contributed by atoms with van der Waals surface area (Å²) in [6.45, 7) is 2.35. The number of halogens is 1. The lowest BCUT2D eigenvalue weighted by Crippen LogP contribution is -2.28. The summed E-state index contributed by atoms with van der Waals surface area (Å²) in [5.41, 5.74) is 0.838. The van der Waals surface area contributed by atoms with E-state index < -0.39 is 28.4 Å². The summed E-state index contributed by atoms with van der Waals surface area (Å²) >= 11 is 0. The van der Waals surface area contributed by atoms with E-state index in [9.17, 15) is 22.4 Å². The summed E-state index contributed by atoms with van der Waals surface area (Å²) in [6.07, 6.45) is 1.87. The van der Waals surface area contributed by atoms with Crippen LogP contribution in [0.4, 0.5) is 10.1 Å². The van der Waals surface area contributed by atoms with Gasteiger partial charge in [-0.3, -0.25) is 9.59 Å². The Labute approximate surface area is 180 Å². The molecular formula is C22H23FN2O5S. The normalized spacial score (nSPS) is 18.8. The van der Waals surface area contributed by atoms with E-state index in [-0.39, 0.29) is 34.3 Å². The van der Waals surface area contributed by atoms with Gasteiger partial charge in [0.1, 0.15) is 11.6 Å². The highest BCUT2D eigenvalue weighted by atomic mass is 32.2. The number of hydrogen-bond donors (Lipinski definition) is 1. The number of amides is 1. The molecular weight excluding hydrogens is 423 g/mol. The van der Waals surface area contributed by atoms with Gasteiger partial charge in [0.15, 0.2) is 12.4 Å². The molecule has 2 aromatic carbocycles. The van der Waals surface area contributed by atoms with Crippen molar-refractivity contribution in [1.82, 2.24) is 4.31 Å². The Kier molecular flexibility index (Phi) is 5.81. The zero-order valence-electron chi connectivity index (χ0n) is 17.1. The van der Waals surface area contributed by atoms with Crippen molar-refractivity contribution in [2.75, 3.05) is 25.0 Å². The number of carbonyl (C=O) groups is 2. The second-order valence-corrected chi connectivity index (χ2v) is 9.78. The minimum absolute atomic E-state index is 0.115. The first kappa shape index (κ1) is 21.5. The molecule has 1 atom stereocenters. The van der Waals surface area contributed by atoms with E-state index >= 15 is 0 Å². The molecule has 0 aromatic heterocycles. The Morgan fingerprint density at radius 1 is 1.23 bits per heavy atom. The number of carbonyl (C=O) groups excluding carboxylic acids is 2. The number of nitrogens with one attached hydrogen (secondary N) is 1. The van der Waals surface area contributed by atoms with Crippen molar-refractivity contribution in [2.24, 2.45) is 0 Å². The van der Waals surface area contributed by atoms with Gasteiger partial charge in [-0.15, -0.1) is 0 Å². The van der Waals surface area contributed by atoms with Crippen molar-refractivity contribution < 1.29 is 27.1 Å². The van der Waals surface area contributed by atoms with Crippen LogP contribution < -0.4 is 10.1 Å². The number of rotatable bonds is 6. The first-order valence-corrected chi connectivity index (χ1v) is 11.6. The predicted molar refractivity (Wildman–Crippen MR) is 112 cm³/mol. The lowest BCUT2D eigenvalue weighted by Gasteiger charge is -2.16. The van der Waals surface area contributed by atoms with Crippen molar-refractivity contribution >= 4 is 27.4 Å². The topological polar surface area (TPSA) is 92.8 Å². The molecule has 1 N–H and O–H groups in total. The second kappa shape index (κ2) is 8.39. The number of ketones is 1. The summed E-state index contributed by atoms with van der Waals surface area (Å²) in [6, 6.07) is 8.63. The number of benzene rings is 2. The Balaban J connectivity index is 1.45. The minimum Gasteiger partial charge on any atom is -0.483 e. The minimum atomic E-state index is -3.60. The molecule has 31 heavy (non-hydrogen) atoms. The van der Waals surface area contributed by atoms with Crippen LogP contribution in [0.3, 0.4) is 0 Å². The maximum absolute atomic E-state index is 14.1. The quantitative estimate of drug-likeness (QED) is 0.735. The monoisotopic (exact) mass is 446 g/mol. The van der Waals surface area contributed by atoms with Gasteiger partial charge in [0.25, 0.3) is 5.91 Å². The number of nitrogens with zero attached hydrogens (tertiary/aromatic N) is 1. The highest BCUT2D eigenvalue weighted by molar-refractivity contribution is 7.89. The van der Waals surface area contributed by atoms with Crippen molar-refractivity contribution in [2.45, 2.75) is 37.0 Å². The molecule has 1 aliphatic heterocycles. The molecule has 164 valence electrons. The van der Waals surface area contributed by atoms with Crippen LogP contribution in [-0.4, -0.2) is 44.1 Å². The fourth-order valence-electron chi connectivity index (χ4n) is 4.10. The van der Waals surface area contributed by atoms with Gasteiger partial charge in [0.05, 0.1) is 10.5 Å². The Morgan fingerprint density at radius 2 is 1.97 bits per heavy atom. The van der Waals surface area contributed by atoms with Crippen molar-refractivity contribution in [1.29, 1.82) is 0 Å². The molecule has 1 saturated heterocycles. The Morgan fingerprint density at radius 3 is 2.71 bits per heavy atom. The summed E-state index contributed by atoms with van der Waals surface area (Å²) in [5.74, 6) is -1.25. The van der Waals surface area contributed by atoms with E-state index in [1.165, 1.54) is 28.6 Å². The lowest BCUT2D eigenvalue weighted by atomic mass is 10.0. The maximum Gasteiger partial charge on any atom is 0.262 e. The smallest absolute Gasteiger partial charge is 0.262 e. The number of hydrogen-bond acceptors (Lipinski definition) is 5. The molecule has 7 nitrogen and oxygen atoms in total. The molecule has 9 heteroatoms. The third kappa shape index (κ3) is 4.20. The highest BCUT2D eigenvalue weighted by Crippen LogP contribution is 2.39. The number of ether oxygens (including phenoxy) is 1. The van der Waals surface area contributed by atoms with Crippen LogP contribution in [0.5, 0.6) is 5.75 Å². The molecule has 4 rings (SSSR count). The molecule has 1 fully saturated rings.